The van der Waals surface area contributed by atoms with Crippen LogP contribution in [0, 0.1) is 0 Å². The van der Waals surface area contributed by atoms with Gasteiger partial charge in [0.1, 0.15) is 0 Å². The Bertz CT molecular complexity index is 422. The molecule has 0 unspecified atom stereocenters. The number of carbonyl (C=O) groups is 1. The van der Waals surface area contributed by atoms with Gasteiger partial charge in [-0.2, -0.15) is 0 Å². The Morgan fingerprint density at radius 1 is 0.724 bits per heavy atom. The van der Waals surface area contributed by atoms with Crippen molar-refractivity contribution in [2.24, 2.45) is 0 Å². The van der Waals surface area contributed by atoms with E-state index < -0.39 is 8.80 Å². The van der Waals surface area contributed by atoms with Gasteiger partial charge in [-0.25, -0.2) is 0 Å². The third-order valence-electron chi connectivity index (χ3n) is 4.42. The van der Waals surface area contributed by atoms with Crippen molar-refractivity contribution in [3.05, 3.63) is 12.2 Å². The fraction of sp³-hybridized carbons (Fsp3) is 0.870. The summed E-state index contributed by atoms with van der Waals surface area (Å²) in [5.41, 5.74) is 1.25. The first-order valence-corrected chi connectivity index (χ1v) is 13.3. The molecule has 0 aromatic carbocycles. The van der Waals surface area contributed by atoms with E-state index in [0.29, 0.717) is 6.42 Å². The van der Waals surface area contributed by atoms with E-state index in [1.54, 1.807) is 0 Å². The molecule has 5 nitrogen and oxygen atoms in total. The lowest BCUT2D eigenvalue weighted by Gasteiger charge is -2.34. The Labute approximate surface area is 180 Å². The zero-order valence-corrected chi connectivity index (χ0v) is 21.1. The van der Waals surface area contributed by atoms with Crippen molar-refractivity contribution < 1.29 is 22.8 Å². The van der Waals surface area contributed by atoms with Gasteiger partial charge in [0, 0.05) is 30.8 Å². The summed E-state index contributed by atoms with van der Waals surface area (Å²) in [5, 5.41) is 0. The summed E-state index contributed by atoms with van der Waals surface area (Å²) in [5.74, 6) is -0.106. The molecule has 0 aromatic rings. The Hall–Kier alpha value is -0.693. The molecule has 0 amide bonds. The third-order valence-corrected chi connectivity index (χ3v) is 7.77. The molecule has 0 aliphatic heterocycles. The molecule has 0 aliphatic carbocycles. The normalized spacial score (nSPS) is 12.2. The molecule has 0 saturated heterocycles. The first-order chi connectivity index (χ1) is 13.6. The molecule has 0 spiro atoms. The van der Waals surface area contributed by atoms with E-state index >= 15 is 0 Å². The van der Waals surface area contributed by atoms with E-state index in [0.717, 1.165) is 38.1 Å². The number of ether oxygens (including phenoxy) is 1. The summed E-state index contributed by atoms with van der Waals surface area (Å²) < 4.78 is 23.4. The van der Waals surface area contributed by atoms with Crippen LogP contribution in [0.5, 0.6) is 0 Å². The average Bonchev–Trinajstić information content (AvgIpc) is 2.60. The highest BCUT2D eigenvalue weighted by atomic mass is 28.4. The molecule has 0 saturated carbocycles. The molecule has 0 rings (SSSR count). The van der Waals surface area contributed by atoms with Crippen LogP contribution in [-0.4, -0.2) is 40.2 Å². The minimum atomic E-state index is -2.73. The number of unbranched alkanes of at least 4 members (excludes halogenated alkanes) is 5. The number of methoxy groups -OCH3 is 1. The summed E-state index contributed by atoms with van der Waals surface area (Å²) in [7, 11) is -1.28. The van der Waals surface area contributed by atoms with Crippen LogP contribution in [0.15, 0.2) is 12.2 Å². The fourth-order valence-electron chi connectivity index (χ4n) is 3.25. The van der Waals surface area contributed by atoms with Crippen molar-refractivity contribution in [3.63, 3.8) is 0 Å². The highest BCUT2D eigenvalue weighted by molar-refractivity contribution is 6.60. The van der Waals surface area contributed by atoms with Crippen molar-refractivity contribution >= 4 is 14.8 Å². The van der Waals surface area contributed by atoms with E-state index in [1.165, 1.54) is 31.9 Å². The Morgan fingerprint density at radius 2 is 1.14 bits per heavy atom. The lowest BCUT2D eigenvalue weighted by Crippen LogP contribution is -2.50. The van der Waals surface area contributed by atoms with Gasteiger partial charge in [0.05, 0.1) is 7.11 Å². The topological polar surface area (TPSA) is 54.0 Å². The zero-order chi connectivity index (χ0) is 22.3. The number of carbonyl (C=O) groups excluding carboxylic acids is 1. The Kier molecular flexibility index (Phi) is 15.7. The summed E-state index contributed by atoms with van der Waals surface area (Å²) >= 11 is 0. The smallest absolute Gasteiger partial charge is 0.469 e. The highest BCUT2D eigenvalue weighted by Gasteiger charge is 2.43. The second-order valence-electron chi connectivity index (χ2n) is 8.63. The van der Waals surface area contributed by atoms with E-state index in [4.69, 9.17) is 13.3 Å². The van der Waals surface area contributed by atoms with Gasteiger partial charge in [-0.05, 0) is 67.2 Å². The van der Waals surface area contributed by atoms with Gasteiger partial charge >= 0.3 is 14.8 Å². The van der Waals surface area contributed by atoms with Crippen LogP contribution in [0.2, 0.25) is 6.04 Å². The molecule has 0 bridgehead atoms. The SMILES string of the molecule is C=C(CCCCCCCCC(=O)OC)CC[Si](OC(C)C)(OC(C)C)OC(C)C. The minimum Gasteiger partial charge on any atom is -0.469 e. The summed E-state index contributed by atoms with van der Waals surface area (Å²) in [4.78, 5) is 11.1. The summed E-state index contributed by atoms with van der Waals surface area (Å²) in [6.07, 6.45) is 9.44. The minimum absolute atomic E-state index is 0.0756. The second-order valence-corrected chi connectivity index (χ2v) is 11.2. The standard InChI is InChI=1S/C23H46O5Si/c1-19(2)26-29(27-20(3)4,28-21(5)6)18-17-22(7)15-13-11-9-10-12-14-16-23(24)25-8/h19-21H,7,9-18H2,1-6,8H3. The first kappa shape index (κ1) is 28.3. The van der Waals surface area contributed by atoms with E-state index in [-0.39, 0.29) is 24.3 Å². The van der Waals surface area contributed by atoms with Gasteiger partial charge in [0.15, 0.2) is 0 Å². The van der Waals surface area contributed by atoms with Gasteiger partial charge in [0.25, 0.3) is 0 Å². The molecular weight excluding hydrogens is 384 g/mol. The molecule has 0 aromatic heterocycles. The number of esters is 1. The van der Waals surface area contributed by atoms with Crippen LogP contribution in [0.1, 0.15) is 99.3 Å². The molecule has 0 aliphatic rings. The van der Waals surface area contributed by atoms with Gasteiger partial charge in [-0.3, -0.25) is 4.79 Å². The number of hydrogen-bond donors (Lipinski definition) is 0. The second kappa shape index (κ2) is 16.1. The van der Waals surface area contributed by atoms with Crippen LogP contribution in [0.3, 0.4) is 0 Å². The van der Waals surface area contributed by atoms with Crippen LogP contribution >= 0.6 is 0 Å². The quantitative estimate of drug-likeness (QED) is 0.108. The average molecular weight is 431 g/mol. The van der Waals surface area contributed by atoms with Crippen LogP contribution in [0.4, 0.5) is 0 Å². The predicted octanol–water partition coefficient (Wildman–Crippen LogP) is 6.44. The largest absolute Gasteiger partial charge is 0.501 e. The molecule has 0 fully saturated rings. The van der Waals surface area contributed by atoms with Gasteiger partial charge in [-0.15, -0.1) is 0 Å². The van der Waals surface area contributed by atoms with Crippen molar-refractivity contribution in [2.75, 3.05) is 7.11 Å². The van der Waals surface area contributed by atoms with E-state index in [2.05, 4.69) is 11.3 Å². The number of allylic oxidation sites excluding steroid dienone is 1. The predicted molar refractivity (Wildman–Crippen MR) is 122 cm³/mol. The lowest BCUT2D eigenvalue weighted by atomic mass is 10.0. The third kappa shape index (κ3) is 15.8. The van der Waals surface area contributed by atoms with Gasteiger partial charge in [-0.1, -0.05) is 37.8 Å². The highest BCUT2D eigenvalue weighted by Crippen LogP contribution is 2.26. The summed E-state index contributed by atoms with van der Waals surface area (Å²) in [6.45, 7) is 16.5. The van der Waals surface area contributed by atoms with Crippen molar-refractivity contribution in [2.45, 2.75) is 124 Å². The number of rotatable bonds is 18. The fourth-order valence-corrected chi connectivity index (χ4v) is 6.58. The molecule has 6 heteroatoms. The maximum Gasteiger partial charge on any atom is 0.501 e. The first-order valence-electron chi connectivity index (χ1n) is 11.4. The molecule has 172 valence electrons. The van der Waals surface area contributed by atoms with Crippen molar-refractivity contribution in [3.8, 4) is 0 Å². The van der Waals surface area contributed by atoms with Crippen LogP contribution in [-0.2, 0) is 22.8 Å². The van der Waals surface area contributed by atoms with Crippen molar-refractivity contribution in [1.82, 2.24) is 0 Å². The van der Waals surface area contributed by atoms with Gasteiger partial charge in [0.2, 0.25) is 0 Å². The van der Waals surface area contributed by atoms with E-state index in [9.17, 15) is 4.79 Å². The molecular formula is C23H46O5Si. The van der Waals surface area contributed by atoms with Crippen LogP contribution < -0.4 is 0 Å². The zero-order valence-electron chi connectivity index (χ0n) is 20.1. The molecule has 29 heavy (non-hydrogen) atoms. The monoisotopic (exact) mass is 430 g/mol. The molecule has 0 atom stereocenters. The number of hydrogen-bond acceptors (Lipinski definition) is 5. The lowest BCUT2D eigenvalue weighted by molar-refractivity contribution is -0.140. The maximum atomic E-state index is 11.1. The Balaban J connectivity index is 4.25. The maximum absolute atomic E-state index is 11.1. The molecule has 0 N–H and O–H groups in total. The molecule has 0 radical (unpaired) electrons. The van der Waals surface area contributed by atoms with E-state index in [1.807, 2.05) is 41.5 Å². The van der Waals surface area contributed by atoms with Crippen LogP contribution in [0.25, 0.3) is 0 Å². The molecule has 0 heterocycles. The Morgan fingerprint density at radius 3 is 1.55 bits per heavy atom. The summed E-state index contributed by atoms with van der Waals surface area (Å²) in [6, 6.07) is 0.786. The van der Waals surface area contributed by atoms with Gasteiger partial charge < -0.3 is 18.0 Å². The van der Waals surface area contributed by atoms with Crippen molar-refractivity contribution in [1.29, 1.82) is 0 Å².